The van der Waals surface area contributed by atoms with Crippen LogP contribution in [0.3, 0.4) is 0 Å². The zero-order valence-electron chi connectivity index (χ0n) is 18.8. The number of carbonyl (C=O) groups excluding carboxylic acids is 2. The SMILES string of the molecule is CN1CCN(CC(=O)NC(=O)CCN)CC1c1cn(Cc2ccccc2Cl)c2ccccc12. The highest BCUT2D eigenvalue weighted by Crippen LogP contribution is 2.32. The maximum Gasteiger partial charge on any atom is 0.240 e. The summed E-state index contributed by atoms with van der Waals surface area (Å²) in [5, 5.41) is 4.39. The molecular weight excluding hydrogens is 438 g/mol. The number of nitrogens with one attached hydrogen (secondary N) is 1. The van der Waals surface area contributed by atoms with Gasteiger partial charge in [0.25, 0.3) is 0 Å². The average Bonchev–Trinajstić information content (AvgIpc) is 3.15. The molecule has 1 aliphatic rings. The number of para-hydroxylation sites is 1. The third-order valence-corrected chi connectivity index (χ3v) is 6.60. The molecule has 174 valence electrons. The summed E-state index contributed by atoms with van der Waals surface area (Å²) in [5.41, 5.74) is 8.85. The highest BCUT2D eigenvalue weighted by molar-refractivity contribution is 6.31. The van der Waals surface area contributed by atoms with Crippen molar-refractivity contribution in [3.63, 3.8) is 0 Å². The van der Waals surface area contributed by atoms with Crippen molar-refractivity contribution in [2.24, 2.45) is 5.73 Å². The van der Waals surface area contributed by atoms with Gasteiger partial charge in [-0.3, -0.25) is 24.7 Å². The highest BCUT2D eigenvalue weighted by Gasteiger charge is 2.29. The number of amides is 2. The van der Waals surface area contributed by atoms with E-state index in [9.17, 15) is 9.59 Å². The minimum absolute atomic E-state index is 0.128. The molecule has 3 aromatic rings. The molecule has 0 bridgehead atoms. The van der Waals surface area contributed by atoms with E-state index in [1.807, 2.05) is 18.2 Å². The molecule has 0 aliphatic carbocycles. The molecular formula is C25H30ClN5O2. The molecule has 1 unspecified atom stereocenters. The fourth-order valence-corrected chi connectivity index (χ4v) is 4.68. The number of aromatic nitrogens is 1. The Labute approximate surface area is 199 Å². The number of hydrogen-bond donors (Lipinski definition) is 2. The summed E-state index contributed by atoms with van der Waals surface area (Å²) in [7, 11) is 2.12. The van der Waals surface area contributed by atoms with Crippen molar-refractivity contribution in [1.82, 2.24) is 19.7 Å². The van der Waals surface area contributed by atoms with Crippen molar-refractivity contribution in [2.75, 3.05) is 39.8 Å². The molecule has 33 heavy (non-hydrogen) atoms. The molecule has 0 saturated carbocycles. The predicted octanol–water partition coefficient (Wildman–Crippen LogP) is 2.62. The number of nitrogens with zero attached hydrogens (tertiary/aromatic N) is 3. The maximum atomic E-state index is 12.3. The average molecular weight is 468 g/mol. The molecule has 1 aromatic heterocycles. The van der Waals surface area contributed by atoms with Gasteiger partial charge < -0.3 is 10.3 Å². The van der Waals surface area contributed by atoms with Crippen molar-refractivity contribution < 1.29 is 9.59 Å². The van der Waals surface area contributed by atoms with Crippen LogP contribution in [0.1, 0.15) is 23.6 Å². The van der Waals surface area contributed by atoms with Gasteiger partial charge in [0.2, 0.25) is 11.8 Å². The Hall–Kier alpha value is -2.71. The monoisotopic (exact) mass is 467 g/mol. The van der Waals surface area contributed by atoms with Gasteiger partial charge in [0.05, 0.1) is 6.54 Å². The number of likely N-dealkylation sites (N-methyl/N-ethyl adjacent to an activating group) is 1. The van der Waals surface area contributed by atoms with Gasteiger partial charge in [-0.1, -0.05) is 48.0 Å². The third kappa shape index (κ3) is 5.45. The van der Waals surface area contributed by atoms with Gasteiger partial charge in [0.15, 0.2) is 0 Å². The van der Waals surface area contributed by atoms with Crippen LogP contribution in [0.5, 0.6) is 0 Å². The summed E-state index contributed by atoms with van der Waals surface area (Å²) in [6, 6.07) is 16.4. The lowest BCUT2D eigenvalue weighted by atomic mass is 10.0. The second-order valence-electron chi connectivity index (χ2n) is 8.56. The quantitative estimate of drug-likeness (QED) is 0.558. The van der Waals surface area contributed by atoms with Gasteiger partial charge in [-0.2, -0.15) is 0 Å². The lowest BCUT2D eigenvalue weighted by molar-refractivity contribution is -0.131. The van der Waals surface area contributed by atoms with E-state index in [0.717, 1.165) is 29.2 Å². The van der Waals surface area contributed by atoms with Crippen LogP contribution >= 0.6 is 11.6 Å². The zero-order valence-corrected chi connectivity index (χ0v) is 19.6. The number of benzene rings is 2. The Morgan fingerprint density at radius 1 is 1.09 bits per heavy atom. The molecule has 1 atom stereocenters. The van der Waals surface area contributed by atoms with Crippen molar-refractivity contribution >= 4 is 34.3 Å². The Morgan fingerprint density at radius 2 is 1.85 bits per heavy atom. The number of piperazine rings is 1. The number of halogens is 1. The van der Waals surface area contributed by atoms with Gasteiger partial charge >= 0.3 is 0 Å². The molecule has 1 aliphatic heterocycles. The Bertz CT molecular complexity index is 1140. The van der Waals surface area contributed by atoms with E-state index >= 15 is 0 Å². The van der Waals surface area contributed by atoms with Gasteiger partial charge in [-0.15, -0.1) is 0 Å². The molecule has 8 heteroatoms. The van der Waals surface area contributed by atoms with Gasteiger partial charge in [-0.05, 0) is 30.3 Å². The summed E-state index contributed by atoms with van der Waals surface area (Å²) >= 11 is 6.43. The minimum atomic E-state index is -0.323. The molecule has 4 rings (SSSR count). The van der Waals surface area contributed by atoms with E-state index in [2.05, 4.69) is 63.3 Å². The van der Waals surface area contributed by atoms with E-state index in [-0.39, 0.29) is 37.4 Å². The fourth-order valence-electron chi connectivity index (χ4n) is 4.48. The van der Waals surface area contributed by atoms with Crippen molar-refractivity contribution in [1.29, 1.82) is 0 Å². The topological polar surface area (TPSA) is 83.6 Å². The van der Waals surface area contributed by atoms with E-state index in [0.29, 0.717) is 13.1 Å². The summed E-state index contributed by atoms with van der Waals surface area (Å²) < 4.78 is 2.25. The largest absolute Gasteiger partial charge is 0.343 e. The first-order valence-corrected chi connectivity index (χ1v) is 11.6. The van der Waals surface area contributed by atoms with E-state index < -0.39 is 0 Å². The van der Waals surface area contributed by atoms with Gasteiger partial charge in [-0.25, -0.2) is 0 Å². The molecule has 1 saturated heterocycles. The van der Waals surface area contributed by atoms with Crippen LogP contribution in [0.4, 0.5) is 0 Å². The molecule has 0 spiro atoms. The van der Waals surface area contributed by atoms with Crippen molar-refractivity contribution in [3.8, 4) is 0 Å². The Morgan fingerprint density at radius 3 is 2.64 bits per heavy atom. The minimum Gasteiger partial charge on any atom is -0.343 e. The molecule has 3 N–H and O–H groups in total. The first-order chi connectivity index (χ1) is 16.0. The van der Waals surface area contributed by atoms with Gasteiger partial charge in [0, 0.05) is 67.3 Å². The summed E-state index contributed by atoms with van der Waals surface area (Å²) in [6.07, 6.45) is 2.37. The molecule has 2 heterocycles. The first kappa shape index (κ1) is 23.4. The molecule has 0 radical (unpaired) electrons. The fraction of sp³-hybridized carbons (Fsp3) is 0.360. The van der Waals surface area contributed by atoms with Crippen molar-refractivity contribution in [3.05, 3.63) is 70.9 Å². The van der Waals surface area contributed by atoms with Crippen LogP contribution < -0.4 is 11.1 Å². The number of carbonyl (C=O) groups is 2. The summed E-state index contributed by atoms with van der Waals surface area (Å²) in [4.78, 5) is 28.5. The number of nitrogens with two attached hydrogens (primary N) is 1. The van der Waals surface area contributed by atoms with E-state index in [1.165, 1.54) is 10.9 Å². The zero-order chi connectivity index (χ0) is 23.4. The van der Waals surface area contributed by atoms with Crippen LogP contribution in [-0.2, 0) is 16.1 Å². The predicted molar refractivity (Wildman–Crippen MR) is 131 cm³/mol. The number of rotatable bonds is 7. The summed E-state index contributed by atoms with van der Waals surface area (Å²) in [6.45, 7) is 3.41. The van der Waals surface area contributed by atoms with Crippen LogP contribution in [-0.4, -0.2) is 66.0 Å². The molecule has 2 aromatic carbocycles. The number of fused-ring (bicyclic) bond motifs is 1. The number of hydrogen-bond acceptors (Lipinski definition) is 5. The first-order valence-electron chi connectivity index (χ1n) is 11.2. The normalized spacial score (nSPS) is 17.4. The second kappa shape index (κ2) is 10.5. The number of imide groups is 1. The van der Waals surface area contributed by atoms with Gasteiger partial charge in [0.1, 0.15) is 0 Å². The molecule has 7 nitrogen and oxygen atoms in total. The van der Waals surface area contributed by atoms with Crippen LogP contribution in [0.25, 0.3) is 10.9 Å². The van der Waals surface area contributed by atoms with Crippen LogP contribution in [0.15, 0.2) is 54.7 Å². The second-order valence-corrected chi connectivity index (χ2v) is 8.97. The smallest absolute Gasteiger partial charge is 0.240 e. The standard InChI is InChI=1S/C25H30ClN5O2/c1-29-12-13-30(17-25(33)28-24(32)10-11-27)16-23(29)20-15-31(22-9-5-3-7-19(20)22)14-18-6-2-4-8-21(18)26/h2-9,15,23H,10-14,16-17,27H2,1H3,(H,28,32,33). The van der Waals surface area contributed by atoms with Crippen LogP contribution in [0, 0.1) is 0 Å². The molecule has 2 amide bonds. The Kier molecular flexibility index (Phi) is 7.45. The van der Waals surface area contributed by atoms with Crippen LogP contribution in [0.2, 0.25) is 5.02 Å². The lowest BCUT2D eigenvalue weighted by Gasteiger charge is -2.39. The third-order valence-electron chi connectivity index (χ3n) is 6.23. The lowest BCUT2D eigenvalue weighted by Crippen LogP contribution is -2.50. The van der Waals surface area contributed by atoms with E-state index in [4.69, 9.17) is 17.3 Å². The highest BCUT2D eigenvalue weighted by atomic mass is 35.5. The van der Waals surface area contributed by atoms with E-state index in [1.54, 1.807) is 0 Å². The Balaban J connectivity index is 1.56. The summed E-state index contributed by atoms with van der Waals surface area (Å²) in [5.74, 6) is -0.603. The molecule has 1 fully saturated rings. The maximum absolute atomic E-state index is 12.3. The van der Waals surface area contributed by atoms with Crippen molar-refractivity contribution in [2.45, 2.75) is 19.0 Å².